The van der Waals surface area contributed by atoms with Gasteiger partial charge in [0.05, 0.1) is 11.8 Å². The molecular weight excluding hydrogens is 206 g/mol. The van der Waals surface area contributed by atoms with Crippen LogP contribution < -0.4 is 0 Å². The first-order valence-electron chi connectivity index (χ1n) is 4.12. The second-order valence-corrected chi connectivity index (χ2v) is 5.32. The molecule has 0 atom stereocenters. The van der Waals surface area contributed by atoms with E-state index in [4.69, 9.17) is 11.5 Å². The van der Waals surface area contributed by atoms with Crippen LogP contribution in [-0.4, -0.2) is 42.1 Å². The van der Waals surface area contributed by atoms with Gasteiger partial charge in [-0.2, -0.15) is 4.31 Å². The highest BCUT2D eigenvalue weighted by Crippen LogP contribution is 2.30. The predicted molar refractivity (Wildman–Crippen MR) is 50.0 cm³/mol. The Morgan fingerprint density at radius 2 is 2.14 bits per heavy atom. The van der Waals surface area contributed by atoms with E-state index in [-0.39, 0.29) is 6.54 Å². The molecule has 1 rings (SSSR count). The second-order valence-electron chi connectivity index (χ2n) is 3.11. The molecule has 0 radical (unpaired) electrons. The summed E-state index contributed by atoms with van der Waals surface area (Å²) in [6, 6.07) is 0. The van der Waals surface area contributed by atoms with E-state index in [1.165, 1.54) is 0 Å². The van der Waals surface area contributed by atoms with Crippen LogP contribution in [-0.2, 0) is 14.8 Å². The first-order chi connectivity index (χ1) is 6.48. The molecule has 0 aromatic rings. The molecule has 0 bridgehead atoms. The van der Waals surface area contributed by atoms with Crippen molar-refractivity contribution in [2.45, 2.75) is 18.1 Å². The summed E-state index contributed by atoms with van der Waals surface area (Å²) >= 11 is 0. The topological polar surface area (TPSA) is 74.7 Å². The van der Waals surface area contributed by atoms with Crippen molar-refractivity contribution in [3.05, 3.63) is 0 Å². The van der Waals surface area contributed by atoms with Crippen molar-refractivity contribution in [1.29, 1.82) is 0 Å². The van der Waals surface area contributed by atoms with Crippen LogP contribution >= 0.6 is 0 Å². The second kappa shape index (κ2) is 3.98. The zero-order chi connectivity index (χ0) is 10.8. The fourth-order valence-electron chi connectivity index (χ4n) is 1.07. The third-order valence-electron chi connectivity index (χ3n) is 1.88. The molecule has 1 aliphatic rings. The lowest BCUT2D eigenvalue weighted by molar-refractivity contribution is -0.137. The van der Waals surface area contributed by atoms with Gasteiger partial charge in [-0.3, -0.25) is 4.79 Å². The van der Waals surface area contributed by atoms with Gasteiger partial charge in [-0.25, -0.2) is 8.42 Å². The molecule has 14 heavy (non-hydrogen) atoms. The number of sulfonamides is 1. The third kappa shape index (κ3) is 2.47. The Labute approximate surface area is 82.8 Å². The molecule has 0 saturated heterocycles. The lowest BCUT2D eigenvalue weighted by atomic mass is 10.6. The van der Waals surface area contributed by atoms with Gasteiger partial charge in [0.25, 0.3) is 0 Å². The number of terminal acetylenes is 1. The minimum Gasteiger partial charge on any atom is -0.480 e. The number of hydrogen-bond donors (Lipinski definition) is 1. The number of hydrogen-bond acceptors (Lipinski definition) is 3. The Kier molecular flexibility index (Phi) is 3.13. The number of carboxylic acids is 1. The van der Waals surface area contributed by atoms with E-state index in [0.29, 0.717) is 12.8 Å². The van der Waals surface area contributed by atoms with Crippen LogP contribution in [0.25, 0.3) is 0 Å². The molecule has 78 valence electrons. The Hall–Kier alpha value is -1.06. The molecule has 0 aromatic carbocycles. The molecule has 0 heterocycles. The number of carbonyl (C=O) groups is 1. The van der Waals surface area contributed by atoms with Gasteiger partial charge in [0.15, 0.2) is 0 Å². The van der Waals surface area contributed by atoms with Crippen LogP contribution in [0.15, 0.2) is 0 Å². The van der Waals surface area contributed by atoms with Crippen LogP contribution in [0.4, 0.5) is 0 Å². The summed E-state index contributed by atoms with van der Waals surface area (Å²) in [5.41, 5.74) is 0. The molecule has 1 fully saturated rings. The van der Waals surface area contributed by atoms with Gasteiger partial charge in [-0.05, 0) is 12.8 Å². The highest BCUT2D eigenvalue weighted by molar-refractivity contribution is 7.90. The van der Waals surface area contributed by atoms with Crippen molar-refractivity contribution in [2.75, 3.05) is 13.1 Å². The van der Waals surface area contributed by atoms with Gasteiger partial charge in [0.2, 0.25) is 10.0 Å². The summed E-state index contributed by atoms with van der Waals surface area (Å²) in [6.07, 6.45) is 6.17. The Morgan fingerprint density at radius 1 is 1.57 bits per heavy atom. The minimum atomic E-state index is -3.48. The molecule has 0 amide bonds. The summed E-state index contributed by atoms with van der Waals surface area (Å²) in [6.45, 7) is -0.728. The van der Waals surface area contributed by atoms with Crippen LogP contribution in [0.5, 0.6) is 0 Å². The molecule has 0 aliphatic heterocycles. The van der Waals surface area contributed by atoms with E-state index in [1.807, 2.05) is 0 Å². The Bertz CT molecular complexity index is 363. The van der Waals surface area contributed by atoms with Gasteiger partial charge in [0, 0.05) is 0 Å². The molecule has 6 heteroatoms. The standard InChI is InChI=1S/C8H11NO4S/c1-2-5-9(6-8(10)11)14(12,13)7-3-4-7/h1,7H,3-6H2,(H,10,11). The molecule has 0 spiro atoms. The van der Waals surface area contributed by atoms with Gasteiger partial charge in [0.1, 0.15) is 6.54 Å². The molecule has 1 saturated carbocycles. The molecule has 5 nitrogen and oxygen atoms in total. The third-order valence-corrected chi connectivity index (χ3v) is 4.18. The van der Waals surface area contributed by atoms with Crippen LogP contribution in [0.2, 0.25) is 0 Å². The smallest absolute Gasteiger partial charge is 0.318 e. The van der Waals surface area contributed by atoms with E-state index in [1.54, 1.807) is 0 Å². The Balaban J connectivity index is 2.76. The monoisotopic (exact) mass is 217 g/mol. The zero-order valence-corrected chi connectivity index (χ0v) is 8.33. The molecule has 0 aromatic heterocycles. The van der Waals surface area contributed by atoms with Gasteiger partial charge in [-0.15, -0.1) is 6.42 Å². The van der Waals surface area contributed by atoms with Gasteiger partial charge >= 0.3 is 5.97 Å². The van der Waals surface area contributed by atoms with Crippen molar-refractivity contribution in [1.82, 2.24) is 4.31 Å². The van der Waals surface area contributed by atoms with E-state index in [0.717, 1.165) is 4.31 Å². The van der Waals surface area contributed by atoms with Crippen molar-refractivity contribution in [3.8, 4) is 12.3 Å². The highest BCUT2D eigenvalue weighted by atomic mass is 32.2. The van der Waals surface area contributed by atoms with Gasteiger partial charge < -0.3 is 5.11 Å². The van der Waals surface area contributed by atoms with Crippen LogP contribution in [0.1, 0.15) is 12.8 Å². The fraction of sp³-hybridized carbons (Fsp3) is 0.625. The molecule has 1 N–H and O–H groups in total. The maximum absolute atomic E-state index is 11.6. The largest absolute Gasteiger partial charge is 0.480 e. The highest BCUT2D eigenvalue weighted by Gasteiger charge is 2.40. The number of aliphatic carboxylic acids is 1. The lowest BCUT2D eigenvalue weighted by Gasteiger charge is -2.16. The summed E-state index contributed by atoms with van der Waals surface area (Å²) < 4.78 is 24.0. The maximum Gasteiger partial charge on any atom is 0.318 e. The number of rotatable bonds is 5. The maximum atomic E-state index is 11.6. The molecular formula is C8H11NO4S. The average Bonchev–Trinajstić information content (AvgIpc) is 2.84. The van der Waals surface area contributed by atoms with Gasteiger partial charge in [-0.1, -0.05) is 5.92 Å². The summed E-state index contributed by atoms with van der Waals surface area (Å²) in [5, 5.41) is 8.08. The summed E-state index contributed by atoms with van der Waals surface area (Å²) in [4.78, 5) is 10.4. The normalized spacial score (nSPS) is 16.6. The van der Waals surface area contributed by atoms with Crippen molar-refractivity contribution in [3.63, 3.8) is 0 Å². The number of nitrogens with zero attached hydrogens (tertiary/aromatic N) is 1. The van der Waals surface area contributed by atoms with Crippen molar-refractivity contribution >= 4 is 16.0 Å². The average molecular weight is 217 g/mol. The quantitative estimate of drug-likeness (QED) is 0.630. The molecule has 1 aliphatic carbocycles. The first-order valence-corrected chi connectivity index (χ1v) is 5.63. The van der Waals surface area contributed by atoms with Crippen molar-refractivity contribution in [2.24, 2.45) is 0 Å². The van der Waals surface area contributed by atoms with E-state index in [9.17, 15) is 13.2 Å². The molecule has 0 unspecified atom stereocenters. The minimum absolute atomic E-state index is 0.175. The van der Waals surface area contributed by atoms with Crippen LogP contribution in [0, 0.1) is 12.3 Å². The summed E-state index contributed by atoms with van der Waals surface area (Å²) in [5.74, 6) is 0.955. The Morgan fingerprint density at radius 3 is 2.50 bits per heavy atom. The predicted octanol–water partition coefficient (Wildman–Crippen LogP) is -0.502. The van der Waals surface area contributed by atoms with Crippen LogP contribution in [0.3, 0.4) is 0 Å². The van der Waals surface area contributed by atoms with E-state index >= 15 is 0 Å². The SMILES string of the molecule is C#CCN(CC(=O)O)S(=O)(=O)C1CC1. The van der Waals surface area contributed by atoms with E-state index in [2.05, 4.69) is 5.92 Å². The van der Waals surface area contributed by atoms with E-state index < -0.39 is 27.8 Å². The fourth-order valence-corrected chi connectivity index (χ4v) is 2.76. The summed E-state index contributed by atoms with van der Waals surface area (Å²) in [7, 11) is -3.48. The lowest BCUT2D eigenvalue weighted by Crippen LogP contribution is -2.38. The zero-order valence-electron chi connectivity index (χ0n) is 7.51. The number of carboxylic acid groups (broad SMARTS) is 1. The first kappa shape index (κ1) is 11.0. The van der Waals surface area contributed by atoms with Crippen molar-refractivity contribution < 1.29 is 18.3 Å².